The number of rotatable bonds is 0. The molecule has 2 rings (SSSR count). The van der Waals surface area contributed by atoms with Gasteiger partial charge in [0.2, 0.25) is 0 Å². The average molecular weight is 238 g/mol. The molecule has 0 saturated carbocycles. The van der Waals surface area contributed by atoms with Crippen molar-refractivity contribution >= 4 is 39.8 Å². The van der Waals surface area contributed by atoms with Gasteiger partial charge in [0.05, 0.1) is 4.90 Å². The summed E-state index contributed by atoms with van der Waals surface area (Å²) >= 11 is 6.58. The maximum Gasteiger partial charge on any atom is 0.150 e. The van der Waals surface area contributed by atoms with E-state index in [1.165, 1.54) is 4.90 Å². The molecule has 6 heteroatoms. The van der Waals surface area contributed by atoms with Crippen molar-refractivity contribution in [3.63, 3.8) is 0 Å². The monoisotopic (exact) mass is 237 g/mol. The summed E-state index contributed by atoms with van der Waals surface area (Å²) in [5.41, 5.74) is 0. The molecule has 54 valence electrons. The highest BCUT2D eigenvalue weighted by Gasteiger charge is 2.20. The zero-order chi connectivity index (χ0) is 7.14. The number of nitrogens with one attached hydrogen (secondary N) is 1. The summed E-state index contributed by atoms with van der Waals surface area (Å²) in [6.45, 7) is 0. The summed E-state index contributed by atoms with van der Waals surface area (Å²) < 4.78 is 5.93. The molecule has 1 aromatic rings. The lowest BCUT2D eigenvalue weighted by Crippen LogP contribution is -1.91. The highest BCUT2D eigenvalue weighted by Crippen LogP contribution is 2.40. The predicted molar refractivity (Wildman–Crippen MR) is 45.8 cm³/mol. The molecule has 0 aromatic carbocycles. The van der Waals surface area contributed by atoms with E-state index in [-0.39, 0.29) is 0 Å². The van der Waals surface area contributed by atoms with Crippen LogP contribution in [0.4, 0.5) is 0 Å². The van der Waals surface area contributed by atoms with Gasteiger partial charge < -0.3 is 0 Å². The van der Waals surface area contributed by atoms with Crippen LogP contribution in [0.2, 0.25) is 0 Å². The molecule has 0 spiro atoms. The SMILES string of the molecule is Cn1nc2c(c1Br)SNS2. The summed E-state index contributed by atoms with van der Waals surface area (Å²) in [6, 6.07) is 0. The van der Waals surface area contributed by atoms with Crippen molar-refractivity contribution in [1.29, 1.82) is 0 Å². The first-order valence-electron chi connectivity index (χ1n) is 2.60. The molecule has 10 heavy (non-hydrogen) atoms. The first-order valence-corrected chi connectivity index (χ1v) is 5.03. The number of halogens is 1. The Kier molecular flexibility index (Phi) is 1.71. The predicted octanol–water partition coefficient (Wildman–Crippen LogP) is 1.80. The van der Waals surface area contributed by atoms with Crippen LogP contribution < -0.4 is 4.13 Å². The first-order chi connectivity index (χ1) is 4.79. The Morgan fingerprint density at radius 3 is 3.10 bits per heavy atom. The third-order valence-corrected chi connectivity index (χ3v) is 4.23. The Balaban J connectivity index is 2.59. The van der Waals surface area contributed by atoms with Crippen molar-refractivity contribution in [3.05, 3.63) is 4.60 Å². The lowest BCUT2D eigenvalue weighted by atomic mass is 10.7. The molecule has 0 unspecified atom stereocenters. The van der Waals surface area contributed by atoms with Crippen molar-refractivity contribution in [2.45, 2.75) is 9.92 Å². The van der Waals surface area contributed by atoms with Crippen LogP contribution in [-0.4, -0.2) is 9.78 Å². The van der Waals surface area contributed by atoms with E-state index in [0.717, 1.165) is 9.63 Å². The van der Waals surface area contributed by atoms with E-state index in [1.807, 2.05) is 11.7 Å². The van der Waals surface area contributed by atoms with E-state index in [4.69, 9.17) is 0 Å². The first kappa shape index (κ1) is 7.02. The summed E-state index contributed by atoms with van der Waals surface area (Å²) in [5, 5.41) is 5.30. The summed E-state index contributed by atoms with van der Waals surface area (Å²) in [6.07, 6.45) is 0. The maximum absolute atomic E-state index is 4.24. The molecule has 1 aliphatic heterocycles. The molecule has 1 aliphatic rings. The zero-order valence-corrected chi connectivity index (χ0v) is 8.31. The highest BCUT2D eigenvalue weighted by molar-refractivity contribution is 9.10. The summed E-state index contributed by atoms with van der Waals surface area (Å²) in [7, 11) is 1.92. The molecule has 0 bridgehead atoms. The zero-order valence-electron chi connectivity index (χ0n) is 5.09. The van der Waals surface area contributed by atoms with Gasteiger partial charge in [-0.1, -0.05) is 0 Å². The molecule has 1 aromatic heterocycles. The Morgan fingerprint density at radius 1 is 1.60 bits per heavy atom. The molecule has 0 aliphatic carbocycles. The van der Waals surface area contributed by atoms with Crippen LogP contribution in [0.15, 0.2) is 14.5 Å². The lowest BCUT2D eigenvalue weighted by molar-refractivity contribution is 0.723. The Morgan fingerprint density at radius 2 is 2.40 bits per heavy atom. The van der Waals surface area contributed by atoms with E-state index in [1.54, 1.807) is 23.9 Å². The second-order valence-electron chi connectivity index (χ2n) is 1.84. The van der Waals surface area contributed by atoms with Crippen LogP contribution in [0, 0.1) is 0 Å². The fourth-order valence-electron chi connectivity index (χ4n) is 0.715. The fourth-order valence-corrected chi connectivity index (χ4v) is 3.12. The van der Waals surface area contributed by atoms with Gasteiger partial charge in [0.15, 0.2) is 0 Å². The molecule has 0 radical (unpaired) electrons. The van der Waals surface area contributed by atoms with Crippen LogP contribution in [0.3, 0.4) is 0 Å². The van der Waals surface area contributed by atoms with Gasteiger partial charge in [0.25, 0.3) is 0 Å². The van der Waals surface area contributed by atoms with Crippen LogP contribution >= 0.6 is 39.8 Å². The third kappa shape index (κ3) is 0.903. The van der Waals surface area contributed by atoms with Crippen molar-refractivity contribution in [2.24, 2.45) is 7.05 Å². The van der Waals surface area contributed by atoms with Gasteiger partial charge in [0.1, 0.15) is 9.63 Å². The minimum Gasteiger partial charge on any atom is -0.259 e. The van der Waals surface area contributed by atoms with E-state index >= 15 is 0 Å². The number of nitrogens with zero attached hydrogens (tertiary/aromatic N) is 2. The quantitative estimate of drug-likeness (QED) is 0.698. The Labute approximate surface area is 75.3 Å². The molecule has 3 nitrogen and oxygen atoms in total. The minimum atomic E-state index is 1.05. The molecular weight excluding hydrogens is 234 g/mol. The second-order valence-corrected chi connectivity index (χ2v) is 4.46. The number of hydrogen-bond acceptors (Lipinski definition) is 4. The van der Waals surface area contributed by atoms with Crippen molar-refractivity contribution < 1.29 is 0 Å². The molecule has 0 fully saturated rings. The van der Waals surface area contributed by atoms with Gasteiger partial charge in [-0.3, -0.25) is 4.68 Å². The number of hydrogen-bond donors (Lipinski definition) is 1. The van der Waals surface area contributed by atoms with E-state index in [0.29, 0.717) is 0 Å². The van der Waals surface area contributed by atoms with Gasteiger partial charge in [-0.25, -0.2) is 0 Å². The van der Waals surface area contributed by atoms with E-state index < -0.39 is 0 Å². The van der Waals surface area contributed by atoms with Gasteiger partial charge in [-0.2, -0.15) is 9.23 Å². The van der Waals surface area contributed by atoms with Gasteiger partial charge in [-0.15, -0.1) is 0 Å². The van der Waals surface area contributed by atoms with Crippen molar-refractivity contribution in [3.8, 4) is 0 Å². The average Bonchev–Trinajstić information content (AvgIpc) is 2.41. The van der Waals surface area contributed by atoms with Gasteiger partial charge in [0, 0.05) is 7.05 Å². The maximum atomic E-state index is 4.24. The van der Waals surface area contributed by atoms with Crippen LogP contribution in [0.25, 0.3) is 0 Å². The Hall–Kier alpha value is 0.350. The van der Waals surface area contributed by atoms with Crippen LogP contribution in [-0.2, 0) is 7.05 Å². The van der Waals surface area contributed by atoms with Gasteiger partial charge in [-0.05, 0) is 39.8 Å². The highest BCUT2D eigenvalue weighted by atomic mass is 79.9. The lowest BCUT2D eigenvalue weighted by Gasteiger charge is -1.92. The summed E-state index contributed by atoms with van der Waals surface area (Å²) in [5.74, 6) is 0. The fraction of sp³-hybridized carbons (Fsp3) is 0.250. The van der Waals surface area contributed by atoms with Crippen LogP contribution in [0.1, 0.15) is 0 Å². The standard InChI is InChI=1S/C4H4BrN3S2/c1-8-3(5)2-4(6-8)10-7-9-2/h7H,1H3. The normalized spacial score (nSPS) is 15.8. The largest absolute Gasteiger partial charge is 0.259 e. The van der Waals surface area contributed by atoms with Crippen LogP contribution in [0.5, 0.6) is 0 Å². The number of fused-ring (bicyclic) bond motifs is 1. The summed E-state index contributed by atoms with van der Waals surface area (Å²) in [4.78, 5) is 1.19. The molecule has 2 heterocycles. The van der Waals surface area contributed by atoms with Crippen molar-refractivity contribution in [1.82, 2.24) is 13.9 Å². The van der Waals surface area contributed by atoms with E-state index in [2.05, 4.69) is 25.2 Å². The van der Waals surface area contributed by atoms with Crippen molar-refractivity contribution in [2.75, 3.05) is 0 Å². The minimum absolute atomic E-state index is 1.05. The molecule has 1 N–H and O–H groups in total. The Bertz CT molecular complexity index is 272. The molecule has 0 amide bonds. The number of aromatic nitrogens is 2. The third-order valence-electron chi connectivity index (χ3n) is 1.19. The smallest absolute Gasteiger partial charge is 0.150 e. The molecular formula is C4H4BrN3S2. The van der Waals surface area contributed by atoms with E-state index in [9.17, 15) is 0 Å². The number of aryl methyl sites for hydroxylation is 1. The topological polar surface area (TPSA) is 29.9 Å². The molecule has 0 saturated heterocycles. The second kappa shape index (κ2) is 2.44. The van der Waals surface area contributed by atoms with Gasteiger partial charge >= 0.3 is 0 Å². The molecule has 0 atom stereocenters.